The number of hydrazone groups is 1. The van der Waals surface area contributed by atoms with Crippen LogP contribution < -0.4 is 15.6 Å². The number of hydrogen-bond donors (Lipinski definition) is 2. The quantitative estimate of drug-likeness (QED) is 0.312. The van der Waals surface area contributed by atoms with Crippen LogP contribution in [0, 0.1) is 0 Å². The second-order valence-electron chi connectivity index (χ2n) is 7.35. The van der Waals surface area contributed by atoms with Gasteiger partial charge in [-0.3, -0.25) is 9.59 Å². The molecule has 0 heterocycles. The number of benzene rings is 3. The number of carbonyl (C=O) groups is 2. The molecule has 6 heteroatoms. The molecule has 2 N–H and O–H groups in total. The predicted octanol–water partition coefficient (Wildman–Crippen LogP) is 4.34. The van der Waals surface area contributed by atoms with Gasteiger partial charge in [-0.2, -0.15) is 5.10 Å². The lowest BCUT2D eigenvalue weighted by atomic mass is 10.1. The maximum absolute atomic E-state index is 12.8. The Bertz CT molecular complexity index is 1150. The maximum atomic E-state index is 12.8. The Labute approximate surface area is 193 Å². The zero-order chi connectivity index (χ0) is 23.5. The fraction of sp³-hybridized carbons (Fsp3) is 0.0741. The van der Waals surface area contributed by atoms with Crippen molar-refractivity contribution in [2.45, 2.75) is 0 Å². The van der Waals surface area contributed by atoms with Gasteiger partial charge in [0.1, 0.15) is 5.70 Å². The summed E-state index contributed by atoms with van der Waals surface area (Å²) in [5, 5.41) is 6.65. The molecular weight excluding hydrogens is 412 g/mol. The topological polar surface area (TPSA) is 73.8 Å². The Kier molecular flexibility index (Phi) is 8.31. The molecule has 6 nitrogen and oxygen atoms in total. The van der Waals surface area contributed by atoms with E-state index in [2.05, 4.69) is 15.8 Å². The third-order valence-corrected chi connectivity index (χ3v) is 4.66. The molecule has 0 aliphatic heterocycles. The molecule has 166 valence electrons. The van der Waals surface area contributed by atoms with Crippen molar-refractivity contribution in [1.82, 2.24) is 10.7 Å². The molecular formula is C27H26N4O2. The highest BCUT2D eigenvalue weighted by molar-refractivity contribution is 6.05. The fourth-order valence-corrected chi connectivity index (χ4v) is 2.90. The molecule has 0 fully saturated rings. The van der Waals surface area contributed by atoms with Crippen LogP contribution in [0.4, 0.5) is 5.69 Å². The number of nitrogens with zero attached hydrogens (tertiary/aromatic N) is 2. The van der Waals surface area contributed by atoms with E-state index >= 15 is 0 Å². The summed E-state index contributed by atoms with van der Waals surface area (Å²) in [5.41, 5.74) is 5.82. The minimum Gasteiger partial charge on any atom is -0.378 e. The minimum absolute atomic E-state index is 0.0886. The van der Waals surface area contributed by atoms with Crippen molar-refractivity contribution in [3.8, 4) is 0 Å². The van der Waals surface area contributed by atoms with Crippen LogP contribution >= 0.6 is 0 Å². The van der Waals surface area contributed by atoms with Crippen molar-refractivity contribution < 1.29 is 9.59 Å². The van der Waals surface area contributed by atoms with Gasteiger partial charge >= 0.3 is 0 Å². The highest BCUT2D eigenvalue weighted by Gasteiger charge is 2.14. The van der Waals surface area contributed by atoms with Gasteiger partial charge in [0, 0.05) is 31.6 Å². The van der Waals surface area contributed by atoms with Crippen LogP contribution in [-0.2, 0) is 4.79 Å². The summed E-state index contributed by atoms with van der Waals surface area (Å²) in [6, 6.07) is 26.1. The zero-order valence-corrected chi connectivity index (χ0v) is 18.6. The molecule has 3 aromatic rings. The van der Waals surface area contributed by atoms with Gasteiger partial charge in [0.15, 0.2) is 0 Å². The van der Waals surface area contributed by atoms with Crippen molar-refractivity contribution in [3.05, 3.63) is 113 Å². The molecule has 0 spiro atoms. The molecule has 0 aliphatic carbocycles. The van der Waals surface area contributed by atoms with Crippen molar-refractivity contribution in [3.63, 3.8) is 0 Å². The van der Waals surface area contributed by atoms with Crippen LogP contribution in [0.5, 0.6) is 0 Å². The zero-order valence-electron chi connectivity index (χ0n) is 18.6. The van der Waals surface area contributed by atoms with Crippen LogP contribution in [0.25, 0.3) is 12.2 Å². The first kappa shape index (κ1) is 23.2. The van der Waals surface area contributed by atoms with Crippen molar-refractivity contribution >= 4 is 35.9 Å². The van der Waals surface area contributed by atoms with Gasteiger partial charge in [-0.15, -0.1) is 0 Å². The Balaban J connectivity index is 1.75. The average molecular weight is 439 g/mol. The Morgan fingerprint density at radius 3 is 2.09 bits per heavy atom. The summed E-state index contributed by atoms with van der Waals surface area (Å²) in [6.07, 6.45) is 6.69. The van der Waals surface area contributed by atoms with Crippen molar-refractivity contribution in [2.75, 3.05) is 19.0 Å². The second kappa shape index (κ2) is 11.8. The van der Waals surface area contributed by atoms with E-state index in [9.17, 15) is 9.59 Å². The van der Waals surface area contributed by atoms with Gasteiger partial charge in [0.25, 0.3) is 11.8 Å². The normalized spacial score (nSPS) is 11.5. The molecule has 0 unspecified atom stereocenters. The second-order valence-corrected chi connectivity index (χ2v) is 7.35. The first-order chi connectivity index (χ1) is 16.0. The lowest BCUT2D eigenvalue weighted by molar-refractivity contribution is -0.117. The summed E-state index contributed by atoms with van der Waals surface area (Å²) in [6.45, 7) is 0. The SMILES string of the molecule is CN(C)c1ccc(/C=C(\NC(=O)c2ccccc2)C(=O)N/N=C/C=C/c2ccccc2)cc1. The third-order valence-electron chi connectivity index (χ3n) is 4.66. The van der Waals surface area contributed by atoms with Crippen LogP contribution in [0.15, 0.2) is 102 Å². The van der Waals surface area contributed by atoms with Crippen LogP contribution in [-0.4, -0.2) is 32.1 Å². The van der Waals surface area contributed by atoms with E-state index in [-0.39, 0.29) is 11.6 Å². The molecule has 0 aromatic heterocycles. The summed E-state index contributed by atoms with van der Waals surface area (Å²) >= 11 is 0. The first-order valence-corrected chi connectivity index (χ1v) is 10.4. The largest absolute Gasteiger partial charge is 0.378 e. The smallest absolute Gasteiger partial charge is 0.287 e. The van der Waals surface area contributed by atoms with E-state index in [0.29, 0.717) is 5.56 Å². The highest BCUT2D eigenvalue weighted by Crippen LogP contribution is 2.14. The van der Waals surface area contributed by atoms with Gasteiger partial charge in [0.2, 0.25) is 0 Å². The van der Waals surface area contributed by atoms with Gasteiger partial charge in [0.05, 0.1) is 0 Å². The van der Waals surface area contributed by atoms with E-state index < -0.39 is 5.91 Å². The molecule has 33 heavy (non-hydrogen) atoms. The Morgan fingerprint density at radius 1 is 0.818 bits per heavy atom. The monoisotopic (exact) mass is 438 g/mol. The minimum atomic E-state index is -0.527. The van der Waals surface area contributed by atoms with E-state index in [1.54, 1.807) is 36.4 Å². The molecule has 0 aliphatic rings. The molecule has 0 saturated heterocycles. The highest BCUT2D eigenvalue weighted by atomic mass is 16.2. The summed E-state index contributed by atoms with van der Waals surface area (Å²) in [7, 11) is 3.90. The lowest BCUT2D eigenvalue weighted by Crippen LogP contribution is -2.32. The standard InChI is InChI=1S/C27H26N4O2/c1-31(2)24-17-15-22(16-18-24)20-25(29-26(32)23-13-7-4-8-14-23)27(33)30-28-19-9-12-21-10-5-3-6-11-21/h3-20H,1-2H3,(H,29,32)(H,30,33)/b12-9+,25-20-,28-19+. The summed E-state index contributed by atoms with van der Waals surface area (Å²) in [5.74, 6) is -0.907. The predicted molar refractivity (Wildman–Crippen MR) is 135 cm³/mol. The molecule has 3 aromatic carbocycles. The molecule has 3 rings (SSSR count). The fourth-order valence-electron chi connectivity index (χ4n) is 2.90. The average Bonchev–Trinajstić information content (AvgIpc) is 2.84. The van der Waals surface area contributed by atoms with E-state index in [1.165, 1.54) is 6.21 Å². The van der Waals surface area contributed by atoms with Gasteiger partial charge in [-0.25, -0.2) is 5.43 Å². The van der Waals surface area contributed by atoms with E-state index in [1.807, 2.05) is 85.7 Å². The van der Waals surface area contributed by atoms with Gasteiger partial charge in [-0.1, -0.05) is 66.7 Å². The number of rotatable bonds is 8. The van der Waals surface area contributed by atoms with Gasteiger partial charge < -0.3 is 10.2 Å². The third kappa shape index (κ3) is 7.33. The Hall–Kier alpha value is -4.45. The van der Waals surface area contributed by atoms with Crippen molar-refractivity contribution in [2.24, 2.45) is 5.10 Å². The number of nitrogens with one attached hydrogen (secondary N) is 2. The molecule has 0 bridgehead atoms. The summed E-state index contributed by atoms with van der Waals surface area (Å²) in [4.78, 5) is 27.4. The number of hydrogen-bond acceptors (Lipinski definition) is 4. The lowest BCUT2D eigenvalue weighted by Gasteiger charge is -2.12. The number of anilines is 1. The first-order valence-electron chi connectivity index (χ1n) is 10.4. The Morgan fingerprint density at radius 2 is 1.45 bits per heavy atom. The molecule has 0 saturated carbocycles. The number of allylic oxidation sites excluding steroid dienone is 1. The number of amides is 2. The molecule has 0 atom stereocenters. The summed E-state index contributed by atoms with van der Waals surface area (Å²) < 4.78 is 0. The van der Waals surface area contributed by atoms with Crippen molar-refractivity contribution in [1.29, 1.82) is 0 Å². The maximum Gasteiger partial charge on any atom is 0.287 e. The van der Waals surface area contributed by atoms with Crippen LogP contribution in [0.3, 0.4) is 0 Å². The van der Waals surface area contributed by atoms with Crippen LogP contribution in [0.1, 0.15) is 21.5 Å². The molecule has 2 amide bonds. The van der Waals surface area contributed by atoms with Gasteiger partial charge in [-0.05, 0) is 47.5 Å². The molecule has 0 radical (unpaired) electrons. The van der Waals surface area contributed by atoms with Crippen LogP contribution in [0.2, 0.25) is 0 Å². The van der Waals surface area contributed by atoms with E-state index in [0.717, 1.165) is 16.8 Å². The number of carbonyl (C=O) groups excluding carboxylic acids is 2. The van der Waals surface area contributed by atoms with E-state index in [4.69, 9.17) is 0 Å².